The Labute approximate surface area is 107 Å². The predicted molar refractivity (Wildman–Crippen MR) is 70.6 cm³/mol. The molecule has 0 aromatic carbocycles. The van der Waals surface area contributed by atoms with E-state index in [2.05, 4.69) is 29.6 Å². The summed E-state index contributed by atoms with van der Waals surface area (Å²) >= 11 is 0. The first-order valence-electron chi connectivity index (χ1n) is 6.28. The summed E-state index contributed by atoms with van der Waals surface area (Å²) in [5.41, 5.74) is 1.75. The van der Waals surface area contributed by atoms with Crippen LogP contribution in [0.2, 0.25) is 0 Å². The number of carbonyl (C=O) groups is 1. The van der Waals surface area contributed by atoms with Crippen molar-refractivity contribution in [3.8, 4) is 0 Å². The number of rotatable bonds is 6. The number of carbonyl (C=O) groups excluding carboxylic acids is 1. The topological polar surface area (TPSA) is 79.2 Å². The highest BCUT2D eigenvalue weighted by Gasteiger charge is 2.12. The summed E-state index contributed by atoms with van der Waals surface area (Å²) < 4.78 is 1.92. The van der Waals surface area contributed by atoms with Crippen LogP contribution in [0.15, 0.2) is 6.20 Å². The van der Waals surface area contributed by atoms with Crippen molar-refractivity contribution in [2.24, 2.45) is 5.92 Å². The molecule has 0 bridgehead atoms. The van der Waals surface area contributed by atoms with E-state index in [9.17, 15) is 4.79 Å². The molecule has 1 heterocycles. The smallest absolute Gasteiger partial charge is 0.319 e. The van der Waals surface area contributed by atoms with Crippen LogP contribution in [0.5, 0.6) is 0 Å². The van der Waals surface area contributed by atoms with Crippen LogP contribution in [-0.2, 0) is 13.0 Å². The molecule has 1 rings (SSSR count). The van der Waals surface area contributed by atoms with Gasteiger partial charge in [0.15, 0.2) is 0 Å². The Hall–Kier alpha value is -1.56. The van der Waals surface area contributed by atoms with Crippen molar-refractivity contribution >= 4 is 11.7 Å². The summed E-state index contributed by atoms with van der Waals surface area (Å²) in [7, 11) is 0. The average molecular weight is 254 g/mol. The van der Waals surface area contributed by atoms with Gasteiger partial charge in [0, 0.05) is 13.1 Å². The molecule has 0 fully saturated rings. The van der Waals surface area contributed by atoms with Gasteiger partial charge in [-0.3, -0.25) is 4.68 Å². The standard InChI is InChI=1S/C12H22N4O2/c1-4-11-10(15-12(18)13-5-6-17)7-14-16(11)8-9(2)3/h7,9,17H,4-6,8H2,1-3H3,(H2,13,15,18). The minimum Gasteiger partial charge on any atom is -0.395 e. The molecule has 0 unspecified atom stereocenters. The van der Waals surface area contributed by atoms with Crippen molar-refractivity contribution in [1.29, 1.82) is 0 Å². The first-order valence-corrected chi connectivity index (χ1v) is 6.28. The van der Waals surface area contributed by atoms with Crippen molar-refractivity contribution in [2.75, 3.05) is 18.5 Å². The zero-order chi connectivity index (χ0) is 13.5. The van der Waals surface area contributed by atoms with Gasteiger partial charge in [0.05, 0.1) is 24.2 Å². The molecule has 0 aliphatic rings. The fraction of sp³-hybridized carbons (Fsp3) is 0.667. The van der Waals surface area contributed by atoms with Gasteiger partial charge in [-0.15, -0.1) is 0 Å². The SMILES string of the molecule is CCc1c(NC(=O)NCCO)cnn1CC(C)C. The third-order valence-corrected chi connectivity index (χ3v) is 2.47. The number of nitrogens with one attached hydrogen (secondary N) is 2. The van der Waals surface area contributed by atoms with Crippen LogP contribution in [0.1, 0.15) is 26.5 Å². The van der Waals surface area contributed by atoms with Gasteiger partial charge in [-0.05, 0) is 12.3 Å². The number of urea groups is 1. The normalized spacial score (nSPS) is 10.7. The van der Waals surface area contributed by atoms with Crippen LogP contribution in [-0.4, -0.2) is 34.1 Å². The molecule has 2 amide bonds. The summed E-state index contributed by atoms with van der Waals surface area (Å²) in [5.74, 6) is 0.506. The Morgan fingerprint density at radius 3 is 2.83 bits per heavy atom. The van der Waals surface area contributed by atoms with Crippen molar-refractivity contribution in [3.63, 3.8) is 0 Å². The van der Waals surface area contributed by atoms with E-state index in [0.29, 0.717) is 5.92 Å². The summed E-state index contributed by atoms with van der Waals surface area (Å²) in [6.45, 7) is 7.30. The van der Waals surface area contributed by atoms with Crippen LogP contribution < -0.4 is 10.6 Å². The maximum absolute atomic E-state index is 11.5. The molecule has 0 atom stereocenters. The Balaban J connectivity index is 2.71. The molecule has 0 radical (unpaired) electrons. The molecule has 0 aliphatic carbocycles. The van der Waals surface area contributed by atoms with E-state index >= 15 is 0 Å². The predicted octanol–water partition coefficient (Wildman–Crippen LogP) is 1.22. The number of nitrogens with zero attached hydrogens (tertiary/aromatic N) is 2. The minimum absolute atomic E-state index is 0.0688. The second-order valence-electron chi connectivity index (χ2n) is 4.54. The molecule has 1 aromatic heterocycles. The largest absolute Gasteiger partial charge is 0.395 e. The van der Waals surface area contributed by atoms with Crippen molar-refractivity contribution in [2.45, 2.75) is 33.7 Å². The van der Waals surface area contributed by atoms with Gasteiger partial charge in [-0.1, -0.05) is 20.8 Å². The quantitative estimate of drug-likeness (QED) is 0.714. The Bertz CT molecular complexity index is 387. The summed E-state index contributed by atoms with van der Waals surface area (Å²) in [6.07, 6.45) is 2.47. The van der Waals surface area contributed by atoms with Crippen molar-refractivity contribution < 1.29 is 9.90 Å². The highest BCUT2D eigenvalue weighted by atomic mass is 16.3. The van der Waals surface area contributed by atoms with Crippen molar-refractivity contribution in [1.82, 2.24) is 15.1 Å². The Kier molecular flexibility index (Phi) is 5.64. The Morgan fingerprint density at radius 2 is 2.28 bits per heavy atom. The molecule has 6 nitrogen and oxygen atoms in total. The van der Waals surface area contributed by atoms with Gasteiger partial charge in [0.25, 0.3) is 0 Å². The molecule has 102 valence electrons. The zero-order valence-corrected chi connectivity index (χ0v) is 11.2. The third-order valence-electron chi connectivity index (χ3n) is 2.47. The lowest BCUT2D eigenvalue weighted by Crippen LogP contribution is -2.31. The molecular formula is C12H22N4O2. The van der Waals surface area contributed by atoms with Gasteiger partial charge < -0.3 is 15.7 Å². The van der Waals surface area contributed by atoms with E-state index in [1.54, 1.807) is 6.20 Å². The number of anilines is 1. The molecule has 3 N–H and O–H groups in total. The molecular weight excluding hydrogens is 232 g/mol. The van der Waals surface area contributed by atoms with Crippen LogP contribution in [0.4, 0.5) is 10.5 Å². The number of amides is 2. The second kappa shape index (κ2) is 7.00. The van der Waals surface area contributed by atoms with Gasteiger partial charge in [-0.25, -0.2) is 4.79 Å². The molecule has 0 saturated carbocycles. The lowest BCUT2D eigenvalue weighted by molar-refractivity contribution is 0.245. The van der Waals surface area contributed by atoms with E-state index in [1.807, 2.05) is 11.6 Å². The number of hydrogen-bond donors (Lipinski definition) is 3. The Morgan fingerprint density at radius 1 is 1.56 bits per heavy atom. The fourth-order valence-corrected chi connectivity index (χ4v) is 1.73. The summed E-state index contributed by atoms with van der Waals surface area (Å²) in [5, 5.41) is 18.2. The monoisotopic (exact) mass is 254 g/mol. The number of hydrogen-bond acceptors (Lipinski definition) is 3. The zero-order valence-electron chi connectivity index (χ0n) is 11.2. The van der Waals surface area contributed by atoms with E-state index < -0.39 is 0 Å². The van der Waals surface area contributed by atoms with E-state index in [1.165, 1.54) is 0 Å². The molecule has 0 spiro atoms. The second-order valence-corrected chi connectivity index (χ2v) is 4.54. The van der Waals surface area contributed by atoms with Gasteiger partial charge in [0.1, 0.15) is 0 Å². The first-order chi connectivity index (χ1) is 8.58. The number of aromatic nitrogens is 2. The van der Waals surface area contributed by atoms with E-state index in [0.717, 1.165) is 24.3 Å². The van der Waals surface area contributed by atoms with Gasteiger partial charge in [-0.2, -0.15) is 5.10 Å². The van der Waals surface area contributed by atoms with Crippen LogP contribution in [0, 0.1) is 5.92 Å². The molecule has 0 saturated heterocycles. The van der Waals surface area contributed by atoms with Crippen LogP contribution in [0.25, 0.3) is 0 Å². The fourth-order valence-electron chi connectivity index (χ4n) is 1.73. The molecule has 0 aliphatic heterocycles. The first kappa shape index (κ1) is 14.5. The summed E-state index contributed by atoms with van der Waals surface area (Å²) in [6, 6.07) is -0.317. The van der Waals surface area contributed by atoms with E-state index in [-0.39, 0.29) is 19.2 Å². The average Bonchev–Trinajstić information content (AvgIpc) is 2.67. The highest BCUT2D eigenvalue weighted by molar-refractivity contribution is 5.89. The summed E-state index contributed by atoms with van der Waals surface area (Å²) in [4.78, 5) is 11.5. The van der Waals surface area contributed by atoms with Gasteiger partial charge in [0.2, 0.25) is 0 Å². The maximum atomic E-state index is 11.5. The molecule has 1 aromatic rings. The van der Waals surface area contributed by atoms with E-state index in [4.69, 9.17) is 5.11 Å². The van der Waals surface area contributed by atoms with Crippen LogP contribution in [0.3, 0.4) is 0 Å². The number of aliphatic hydroxyl groups excluding tert-OH is 1. The molecule has 18 heavy (non-hydrogen) atoms. The van der Waals surface area contributed by atoms with Gasteiger partial charge >= 0.3 is 6.03 Å². The lowest BCUT2D eigenvalue weighted by Gasteiger charge is -2.11. The minimum atomic E-state index is -0.317. The van der Waals surface area contributed by atoms with Crippen LogP contribution >= 0.6 is 0 Å². The molecule has 6 heteroatoms. The van der Waals surface area contributed by atoms with Crippen molar-refractivity contribution in [3.05, 3.63) is 11.9 Å². The third kappa shape index (κ3) is 4.03. The maximum Gasteiger partial charge on any atom is 0.319 e. The highest BCUT2D eigenvalue weighted by Crippen LogP contribution is 2.16. The lowest BCUT2D eigenvalue weighted by atomic mass is 10.2. The number of aliphatic hydroxyl groups is 1.